The van der Waals surface area contributed by atoms with Gasteiger partial charge >= 0.3 is 0 Å². The standard InChI is InChI=1S/C21H19N5S/c22-15-19-20(23-16-26(21(19)27)18-9-5-2-6-10-18)25-13-11-24(12-14-25)17-7-3-1-4-8-17/h1-10,16H,11-14H2. The Morgan fingerprint density at radius 3 is 1.96 bits per heavy atom. The minimum atomic E-state index is 0.463. The van der Waals surface area contributed by atoms with Gasteiger partial charge in [-0.25, -0.2) is 4.98 Å². The topological polar surface area (TPSA) is 48.1 Å². The van der Waals surface area contributed by atoms with Crippen LogP contribution in [0.25, 0.3) is 5.69 Å². The van der Waals surface area contributed by atoms with Gasteiger partial charge in [0.15, 0.2) is 5.82 Å². The van der Waals surface area contributed by atoms with Crippen molar-refractivity contribution in [1.82, 2.24) is 9.55 Å². The van der Waals surface area contributed by atoms with Gasteiger partial charge in [-0.1, -0.05) is 48.6 Å². The van der Waals surface area contributed by atoms with Gasteiger partial charge in [0.25, 0.3) is 0 Å². The van der Waals surface area contributed by atoms with Crippen LogP contribution in [0, 0.1) is 16.0 Å². The van der Waals surface area contributed by atoms with Crippen LogP contribution in [0.2, 0.25) is 0 Å². The Bertz CT molecular complexity index is 1020. The van der Waals surface area contributed by atoms with E-state index >= 15 is 0 Å². The molecule has 0 unspecified atom stereocenters. The summed E-state index contributed by atoms with van der Waals surface area (Å²) in [6, 6.07) is 22.4. The van der Waals surface area contributed by atoms with E-state index in [1.807, 2.05) is 36.4 Å². The van der Waals surface area contributed by atoms with Crippen LogP contribution in [-0.4, -0.2) is 35.7 Å². The molecule has 0 aliphatic carbocycles. The molecular formula is C21H19N5S. The zero-order chi connectivity index (χ0) is 18.6. The summed E-state index contributed by atoms with van der Waals surface area (Å²) in [7, 11) is 0. The van der Waals surface area contributed by atoms with E-state index in [1.165, 1.54) is 5.69 Å². The van der Waals surface area contributed by atoms with Crippen molar-refractivity contribution in [3.63, 3.8) is 0 Å². The molecule has 0 saturated carbocycles. The normalized spacial score (nSPS) is 14.0. The van der Waals surface area contributed by atoms with Crippen LogP contribution < -0.4 is 9.80 Å². The molecule has 27 heavy (non-hydrogen) atoms. The van der Waals surface area contributed by atoms with Crippen molar-refractivity contribution < 1.29 is 0 Å². The molecule has 1 fully saturated rings. The van der Waals surface area contributed by atoms with Gasteiger partial charge in [0.2, 0.25) is 0 Å². The Morgan fingerprint density at radius 1 is 0.815 bits per heavy atom. The summed E-state index contributed by atoms with van der Waals surface area (Å²) in [5, 5.41) is 9.72. The quantitative estimate of drug-likeness (QED) is 0.654. The van der Waals surface area contributed by atoms with Gasteiger partial charge < -0.3 is 9.80 Å². The van der Waals surface area contributed by atoms with E-state index in [0.717, 1.165) is 31.9 Å². The van der Waals surface area contributed by atoms with Crippen molar-refractivity contribution in [3.05, 3.63) is 77.2 Å². The molecular weight excluding hydrogens is 354 g/mol. The second-order valence-electron chi connectivity index (χ2n) is 6.38. The van der Waals surface area contributed by atoms with Crippen LogP contribution in [0.3, 0.4) is 0 Å². The van der Waals surface area contributed by atoms with Gasteiger partial charge in [-0.3, -0.25) is 4.57 Å². The number of nitrogens with zero attached hydrogens (tertiary/aromatic N) is 5. The Hall–Kier alpha value is -3.17. The summed E-state index contributed by atoms with van der Waals surface area (Å²) in [4.78, 5) is 9.10. The van der Waals surface area contributed by atoms with Crippen molar-refractivity contribution in [3.8, 4) is 11.8 Å². The van der Waals surface area contributed by atoms with E-state index in [2.05, 4.69) is 45.1 Å². The molecule has 3 aromatic rings. The monoisotopic (exact) mass is 373 g/mol. The number of hydrogen-bond acceptors (Lipinski definition) is 5. The highest BCUT2D eigenvalue weighted by molar-refractivity contribution is 7.71. The number of aromatic nitrogens is 2. The van der Waals surface area contributed by atoms with Crippen molar-refractivity contribution in [2.45, 2.75) is 0 Å². The Kier molecular flexibility index (Phi) is 4.86. The molecule has 0 spiro atoms. The molecule has 0 bridgehead atoms. The minimum absolute atomic E-state index is 0.463. The smallest absolute Gasteiger partial charge is 0.151 e. The lowest BCUT2D eigenvalue weighted by molar-refractivity contribution is 0.645. The maximum atomic E-state index is 9.72. The molecule has 0 radical (unpaired) electrons. The largest absolute Gasteiger partial charge is 0.368 e. The van der Waals surface area contributed by atoms with Gasteiger partial charge in [0.1, 0.15) is 22.6 Å². The second kappa shape index (κ2) is 7.60. The van der Waals surface area contributed by atoms with Crippen LogP contribution in [0.15, 0.2) is 67.0 Å². The Morgan fingerprint density at radius 2 is 1.37 bits per heavy atom. The first-order chi connectivity index (χ1) is 13.3. The number of nitriles is 1. The highest BCUT2D eigenvalue weighted by Crippen LogP contribution is 2.23. The number of para-hydroxylation sites is 2. The highest BCUT2D eigenvalue weighted by atomic mass is 32.1. The fourth-order valence-electron chi connectivity index (χ4n) is 3.37. The molecule has 4 rings (SSSR count). The van der Waals surface area contributed by atoms with E-state index in [0.29, 0.717) is 16.0 Å². The zero-order valence-corrected chi connectivity index (χ0v) is 15.6. The molecule has 1 aromatic heterocycles. The summed E-state index contributed by atoms with van der Waals surface area (Å²) in [5.74, 6) is 0.683. The van der Waals surface area contributed by atoms with E-state index in [-0.39, 0.29) is 0 Å². The van der Waals surface area contributed by atoms with Gasteiger partial charge in [0.05, 0.1) is 0 Å². The Labute approximate surface area is 163 Å². The van der Waals surface area contributed by atoms with Crippen LogP contribution in [0.4, 0.5) is 11.5 Å². The molecule has 6 heteroatoms. The average molecular weight is 373 g/mol. The average Bonchev–Trinajstić information content (AvgIpc) is 2.75. The number of anilines is 2. The van der Waals surface area contributed by atoms with Gasteiger partial charge in [0, 0.05) is 37.6 Å². The molecule has 1 aliphatic heterocycles. The molecule has 1 saturated heterocycles. The molecule has 134 valence electrons. The summed E-state index contributed by atoms with van der Waals surface area (Å²) in [6.45, 7) is 3.38. The molecule has 0 N–H and O–H groups in total. The predicted molar refractivity (Wildman–Crippen MR) is 110 cm³/mol. The molecule has 0 amide bonds. The third kappa shape index (κ3) is 3.42. The van der Waals surface area contributed by atoms with Crippen LogP contribution >= 0.6 is 12.2 Å². The second-order valence-corrected chi connectivity index (χ2v) is 6.76. The van der Waals surface area contributed by atoms with E-state index in [9.17, 15) is 5.26 Å². The number of rotatable bonds is 3. The van der Waals surface area contributed by atoms with Crippen molar-refractivity contribution >= 4 is 23.7 Å². The SMILES string of the molecule is N#Cc1c(N2CCN(c3ccccc3)CC2)ncn(-c2ccccc2)c1=S. The van der Waals surface area contributed by atoms with Gasteiger partial charge in [-0.05, 0) is 24.3 Å². The van der Waals surface area contributed by atoms with Crippen molar-refractivity contribution in [2.75, 3.05) is 36.0 Å². The highest BCUT2D eigenvalue weighted by Gasteiger charge is 2.22. The van der Waals surface area contributed by atoms with Crippen molar-refractivity contribution in [1.29, 1.82) is 5.26 Å². The zero-order valence-electron chi connectivity index (χ0n) is 14.8. The van der Waals surface area contributed by atoms with Crippen LogP contribution in [0.1, 0.15) is 5.56 Å². The summed E-state index contributed by atoms with van der Waals surface area (Å²) in [5.41, 5.74) is 2.60. The maximum absolute atomic E-state index is 9.72. The molecule has 0 atom stereocenters. The van der Waals surface area contributed by atoms with Crippen LogP contribution in [-0.2, 0) is 0 Å². The molecule has 5 nitrogen and oxygen atoms in total. The molecule has 1 aliphatic rings. The molecule has 2 heterocycles. The van der Waals surface area contributed by atoms with Gasteiger partial charge in [-0.15, -0.1) is 0 Å². The van der Waals surface area contributed by atoms with Crippen molar-refractivity contribution in [2.24, 2.45) is 0 Å². The summed E-state index contributed by atoms with van der Waals surface area (Å²) < 4.78 is 2.29. The molecule has 2 aromatic carbocycles. The number of benzene rings is 2. The van der Waals surface area contributed by atoms with E-state index in [1.54, 1.807) is 10.9 Å². The fourth-order valence-corrected chi connectivity index (χ4v) is 3.66. The van der Waals surface area contributed by atoms with E-state index in [4.69, 9.17) is 12.2 Å². The number of hydrogen-bond donors (Lipinski definition) is 0. The van der Waals surface area contributed by atoms with Gasteiger partial charge in [-0.2, -0.15) is 5.26 Å². The Balaban J connectivity index is 1.59. The maximum Gasteiger partial charge on any atom is 0.151 e. The van der Waals surface area contributed by atoms with Crippen LogP contribution in [0.5, 0.6) is 0 Å². The first kappa shape index (κ1) is 17.3. The number of piperazine rings is 1. The summed E-state index contributed by atoms with van der Waals surface area (Å²) in [6.07, 6.45) is 1.72. The van der Waals surface area contributed by atoms with E-state index < -0.39 is 0 Å². The first-order valence-electron chi connectivity index (χ1n) is 8.90. The third-order valence-corrected chi connectivity index (χ3v) is 5.20. The predicted octanol–water partition coefficient (Wildman–Crippen LogP) is 3.80. The minimum Gasteiger partial charge on any atom is -0.368 e. The lowest BCUT2D eigenvalue weighted by Gasteiger charge is -2.37. The first-order valence-corrected chi connectivity index (χ1v) is 9.31. The third-order valence-electron chi connectivity index (χ3n) is 4.80. The fraction of sp³-hybridized carbons (Fsp3) is 0.190. The summed E-state index contributed by atoms with van der Waals surface area (Å²) >= 11 is 5.59. The lowest BCUT2D eigenvalue weighted by Crippen LogP contribution is -2.47. The lowest BCUT2D eigenvalue weighted by atomic mass is 10.2.